The summed E-state index contributed by atoms with van der Waals surface area (Å²) in [6.07, 6.45) is 0.965. The number of piperazine rings is 1. The molecule has 1 aliphatic rings. The molecule has 0 bridgehead atoms. The molecule has 1 fully saturated rings. The Hall–Kier alpha value is -0.650. The van der Waals surface area contributed by atoms with Crippen LogP contribution in [0.2, 0.25) is 0 Å². The largest absolute Gasteiger partial charge is 0.370 e. The molecule has 0 aromatic carbocycles. The minimum absolute atomic E-state index is 0.0119. The van der Waals surface area contributed by atoms with Crippen molar-refractivity contribution in [3.05, 3.63) is 0 Å². The number of amides is 1. The van der Waals surface area contributed by atoms with Crippen molar-refractivity contribution in [3.63, 3.8) is 0 Å². The summed E-state index contributed by atoms with van der Waals surface area (Å²) in [5.74, 6) is -0.0119. The summed E-state index contributed by atoms with van der Waals surface area (Å²) >= 11 is 0. The lowest BCUT2D eigenvalue weighted by atomic mass is 10.4. The number of carbonyl (C=O) groups excluding carboxylic acids is 1. The van der Waals surface area contributed by atoms with Gasteiger partial charge in [-0.15, -0.1) is 0 Å². The molecule has 0 unspecified atom stereocenters. The van der Waals surface area contributed by atoms with Crippen molar-refractivity contribution in [2.75, 3.05) is 52.5 Å². The molecule has 5 heteroatoms. The summed E-state index contributed by atoms with van der Waals surface area (Å²) in [4.78, 5) is 13.5. The molecule has 5 nitrogen and oxygen atoms in total. The van der Waals surface area contributed by atoms with Gasteiger partial charge in [-0.05, 0) is 6.42 Å². The van der Waals surface area contributed by atoms with Crippen molar-refractivity contribution in [1.82, 2.24) is 15.5 Å². The molecular formula is C11H23N3O2. The van der Waals surface area contributed by atoms with Crippen LogP contribution in [0.1, 0.15) is 13.3 Å². The number of hydrogen-bond donors (Lipinski definition) is 2. The number of carbonyl (C=O) groups is 1. The molecule has 2 N–H and O–H groups in total. The molecule has 0 radical (unpaired) electrons. The Morgan fingerprint density at radius 3 is 2.88 bits per heavy atom. The van der Waals surface area contributed by atoms with Gasteiger partial charge in [0.15, 0.2) is 0 Å². The van der Waals surface area contributed by atoms with Crippen LogP contribution in [0.4, 0.5) is 0 Å². The Morgan fingerprint density at radius 1 is 1.44 bits per heavy atom. The van der Waals surface area contributed by atoms with Crippen LogP contribution >= 0.6 is 0 Å². The summed E-state index contributed by atoms with van der Waals surface area (Å²) in [5, 5.41) is 6.08. The molecule has 1 amide bonds. The van der Waals surface area contributed by atoms with E-state index in [2.05, 4.69) is 15.5 Å². The summed E-state index contributed by atoms with van der Waals surface area (Å²) < 4.78 is 5.32. The number of hydrogen-bond acceptors (Lipinski definition) is 4. The SMILES string of the molecule is CCCNC(=O)COCCN1CCNCC1. The average Bonchev–Trinajstić information content (AvgIpc) is 2.33. The third-order valence-electron chi connectivity index (χ3n) is 2.57. The van der Waals surface area contributed by atoms with Crippen LogP contribution in [-0.2, 0) is 9.53 Å². The Kier molecular flexibility index (Phi) is 7.12. The molecule has 1 aliphatic heterocycles. The van der Waals surface area contributed by atoms with Crippen molar-refractivity contribution in [2.45, 2.75) is 13.3 Å². The van der Waals surface area contributed by atoms with Gasteiger partial charge >= 0.3 is 0 Å². The smallest absolute Gasteiger partial charge is 0.245 e. The van der Waals surface area contributed by atoms with Gasteiger partial charge in [0.1, 0.15) is 6.61 Å². The second kappa shape index (κ2) is 8.50. The van der Waals surface area contributed by atoms with Gasteiger partial charge in [-0.1, -0.05) is 6.92 Å². The number of rotatable bonds is 7. The fraction of sp³-hybridized carbons (Fsp3) is 0.909. The van der Waals surface area contributed by atoms with Crippen LogP contribution in [-0.4, -0.2) is 63.3 Å². The van der Waals surface area contributed by atoms with E-state index in [4.69, 9.17) is 4.74 Å². The molecule has 1 saturated heterocycles. The fourth-order valence-electron chi connectivity index (χ4n) is 1.61. The van der Waals surface area contributed by atoms with Crippen LogP contribution in [0, 0.1) is 0 Å². The summed E-state index contributed by atoms with van der Waals surface area (Å²) in [7, 11) is 0. The van der Waals surface area contributed by atoms with Crippen LogP contribution < -0.4 is 10.6 Å². The maximum atomic E-state index is 11.2. The first-order valence-corrected chi connectivity index (χ1v) is 6.10. The monoisotopic (exact) mass is 229 g/mol. The van der Waals surface area contributed by atoms with Gasteiger partial charge in [0, 0.05) is 39.3 Å². The zero-order valence-corrected chi connectivity index (χ0v) is 10.1. The van der Waals surface area contributed by atoms with Crippen LogP contribution in [0.3, 0.4) is 0 Å². The van der Waals surface area contributed by atoms with Crippen molar-refractivity contribution in [3.8, 4) is 0 Å². The van der Waals surface area contributed by atoms with E-state index in [0.29, 0.717) is 6.61 Å². The zero-order valence-electron chi connectivity index (χ0n) is 10.1. The van der Waals surface area contributed by atoms with Crippen molar-refractivity contribution < 1.29 is 9.53 Å². The molecule has 0 saturated carbocycles. The van der Waals surface area contributed by atoms with Crippen LogP contribution in [0.5, 0.6) is 0 Å². The van der Waals surface area contributed by atoms with Gasteiger partial charge in [0.25, 0.3) is 0 Å². The minimum atomic E-state index is -0.0119. The van der Waals surface area contributed by atoms with Gasteiger partial charge in [0.2, 0.25) is 5.91 Å². The van der Waals surface area contributed by atoms with Crippen molar-refractivity contribution in [2.24, 2.45) is 0 Å². The first-order valence-electron chi connectivity index (χ1n) is 6.10. The molecule has 0 atom stereocenters. The number of nitrogens with zero attached hydrogens (tertiary/aromatic N) is 1. The molecule has 0 spiro atoms. The highest BCUT2D eigenvalue weighted by Crippen LogP contribution is 1.91. The second-order valence-corrected chi connectivity index (χ2v) is 3.99. The maximum Gasteiger partial charge on any atom is 0.245 e. The van der Waals surface area contributed by atoms with E-state index in [-0.39, 0.29) is 12.5 Å². The summed E-state index contributed by atoms with van der Waals surface area (Å²) in [6, 6.07) is 0. The van der Waals surface area contributed by atoms with E-state index in [0.717, 1.165) is 45.7 Å². The molecule has 0 aromatic rings. The van der Waals surface area contributed by atoms with E-state index < -0.39 is 0 Å². The van der Waals surface area contributed by atoms with E-state index >= 15 is 0 Å². The summed E-state index contributed by atoms with van der Waals surface area (Å²) in [6.45, 7) is 8.77. The molecule has 0 aromatic heterocycles. The first kappa shape index (κ1) is 13.4. The Morgan fingerprint density at radius 2 is 2.19 bits per heavy atom. The second-order valence-electron chi connectivity index (χ2n) is 3.99. The third-order valence-corrected chi connectivity index (χ3v) is 2.57. The van der Waals surface area contributed by atoms with Gasteiger partial charge in [-0.3, -0.25) is 9.69 Å². The third kappa shape index (κ3) is 6.05. The quantitative estimate of drug-likeness (QED) is 0.574. The fourth-order valence-corrected chi connectivity index (χ4v) is 1.61. The van der Waals surface area contributed by atoms with E-state index in [9.17, 15) is 4.79 Å². The lowest BCUT2D eigenvalue weighted by Crippen LogP contribution is -2.44. The predicted molar refractivity (Wildman–Crippen MR) is 63.4 cm³/mol. The molecule has 1 heterocycles. The van der Waals surface area contributed by atoms with E-state index in [1.165, 1.54) is 0 Å². The van der Waals surface area contributed by atoms with E-state index in [1.54, 1.807) is 0 Å². The zero-order chi connectivity index (χ0) is 11.6. The molecule has 1 rings (SSSR count). The van der Waals surface area contributed by atoms with Gasteiger partial charge in [0.05, 0.1) is 6.61 Å². The standard InChI is InChI=1S/C11H23N3O2/c1-2-3-13-11(15)10-16-9-8-14-6-4-12-5-7-14/h12H,2-10H2,1H3,(H,13,15). The van der Waals surface area contributed by atoms with Crippen LogP contribution in [0.25, 0.3) is 0 Å². The topological polar surface area (TPSA) is 53.6 Å². The lowest BCUT2D eigenvalue weighted by molar-refractivity contribution is -0.125. The minimum Gasteiger partial charge on any atom is -0.370 e. The molecule has 0 aliphatic carbocycles. The average molecular weight is 229 g/mol. The molecule has 94 valence electrons. The van der Waals surface area contributed by atoms with E-state index in [1.807, 2.05) is 6.92 Å². The Balaban J connectivity index is 1.92. The van der Waals surface area contributed by atoms with Crippen molar-refractivity contribution in [1.29, 1.82) is 0 Å². The highest BCUT2D eigenvalue weighted by atomic mass is 16.5. The van der Waals surface area contributed by atoms with Gasteiger partial charge in [-0.25, -0.2) is 0 Å². The normalized spacial score (nSPS) is 17.3. The Bertz CT molecular complexity index is 194. The number of ether oxygens (including phenoxy) is 1. The summed E-state index contributed by atoms with van der Waals surface area (Å²) in [5.41, 5.74) is 0. The highest BCUT2D eigenvalue weighted by Gasteiger charge is 2.08. The van der Waals surface area contributed by atoms with Crippen molar-refractivity contribution >= 4 is 5.91 Å². The van der Waals surface area contributed by atoms with Crippen LogP contribution in [0.15, 0.2) is 0 Å². The molecule has 16 heavy (non-hydrogen) atoms. The number of nitrogens with one attached hydrogen (secondary N) is 2. The van der Waals surface area contributed by atoms with Gasteiger partial charge < -0.3 is 15.4 Å². The lowest BCUT2D eigenvalue weighted by Gasteiger charge is -2.26. The molecular weight excluding hydrogens is 206 g/mol. The first-order chi connectivity index (χ1) is 7.83. The predicted octanol–water partition coefficient (Wildman–Crippen LogP) is -0.566. The Labute approximate surface area is 97.5 Å². The highest BCUT2D eigenvalue weighted by molar-refractivity contribution is 5.77. The maximum absolute atomic E-state index is 11.2. The van der Waals surface area contributed by atoms with Gasteiger partial charge in [-0.2, -0.15) is 0 Å².